The smallest absolute Gasteiger partial charge is 0.278 e. The Bertz CT molecular complexity index is 933. The van der Waals surface area contributed by atoms with Crippen molar-refractivity contribution in [2.75, 3.05) is 32.1 Å². The molecule has 3 rings (SSSR count). The monoisotopic (exact) mass is 375 g/mol. The van der Waals surface area contributed by atoms with Gasteiger partial charge in [-0.3, -0.25) is 14.4 Å². The van der Waals surface area contributed by atoms with Gasteiger partial charge in [0.25, 0.3) is 5.91 Å². The number of benzene rings is 1. The molecule has 3 aromatic rings. The zero-order chi connectivity index (χ0) is 18.8. The first-order valence-corrected chi connectivity index (χ1v) is 9.20. The molecule has 1 aromatic carbocycles. The lowest BCUT2D eigenvalue weighted by molar-refractivity contribution is 0.0977. The van der Waals surface area contributed by atoms with Crippen molar-refractivity contribution in [3.63, 3.8) is 0 Å². The van der Waals surface area contributed by atoms with Crippen LogP contribution in [0.3, 0.4) is 0 Å². The molecular weight excluding hydrogens is 353 g/mol. The normalized spacial score (nSPS) is 11.5. The highest BCUT2D eigenvalue weighted by atomic mass is 32.1. The van der Waals surface area contributed by atoms with Crippen LogP contribution in [0.2, 0.25) is 0 Å². The molecule has 2 aromatic heterocycles. The van der Waals surface area contributed by atoms with Crippen molar-refractivity contribution < 1.29 is 9.18 Å². The highest BCUT2D eigenvalue weighted by molar-refractivity contribution is 7.22. The molecule has 6 nitrogen and oxygen atoms in total. The first-order chi connectivity index (χ1) is 12.3. The Morgan fingerprint density at radius 2 is 2.04 bits per heavy atom. The molecule has 0 aliphatic rings. The summed E-state index contributed by atoms with van der Waals surface area (Å²) in [5.74, 6) is -0.452. The van der Waals surface area contributed by atoms with E-state index in [2.05, 4.69) is 15.0 Å². The molecule has 0 atom stereocenters. The van der Waals surface area contributed by atoms with Crippen molar-refractivity contribution in [3.8, 4) is 0 Å². The number of hydrogen-bond acceptors (Lipinski definition) is 5. The van der Waals surface area contributed by atoms with Gasteiger partial charge in [-0.15, -0.1) is 0 Å². The molecule has 138 valence electrons. The maximum absolute atomic E-state index is 13.5. The summed E-state index contributed by atoms with van der Waals surface area (Å²) >= 11 is 1.32. The molecular formula is C18H22FN5OS. The Labute approximate surface area is 155 Å². The van der Waals surface area contributed by atoms with Gasteiger partial charge in [-0.2, -0.15) is 5.10 Å². The number of thiazole rings is 1. The number of anilines is 1. The Morgan fingerprint density at radius 1 is 1.27 bits per heavy atom. The number of amides is 1. The second kappa shape index (κ2) is 7.51. The average Bonchev–Trinajstić information content (AvgIpc) is 3.12. The van der Waals surface area contributed by atoms with E-state index < -0.39 is 0 Å². The third kappa shape index (κ3) is 3.91. The van der Waals surface area contributed by atoms with Crippen LogP contribution in [0.4, 0.5) is 9.52 Å². The summed E-state index contributed by atoms with van der Waals surface area (Å²) in [6.45, 7) is 3.24. The van der Waals surface area contributed by atoms with Gasteiger partial charge in [0.1, 0.15) is 11.5 Å². The minimum Gasteiger partial charge on any atom is -0.309 e. The van der Waals surface area contributed by atoms with Crippen molar-refractivity contribution in [2.45, 2.75) is 13.3 Å². The van der Waals surface area contributed by atoms with Crippen LogP contribution in [-0.4, -0.2) is 52.8 Å². The van der Waals surface area contributed by atoms with Gasteiger partial charge >= 0.3 is 0 Å². The summed E-state index contributed by atoms with van der Waals surface area (Å²) in [6, 6.07) is 6.25. The maximum atomic E-state index is 13.5. The summed E-state index contributed by atoms with van der Waals surface area (Å²) in [4.78, 5) is 21.4. The standard InChI is InChI=1S/C18H22FN5OS/c1-12-10-15(23(4)21-12)17(25)24(9-5-8-22(2)3)18-20-14-7-6-13(19)11-16(14)26-18/h6-7,10-11H,5,8-9H2,1-4H3. The number of aromatic nitrogens is 3. The number of hydrogen-bond donors (Lipinski definition) is 0. The predicted octanol–water partition coefficient (Wildman–Crippen LogP) is 3.08. The molecule has 0 N–H and O–H groups in total. The second-order valence-electron chi connectivity index (χ2n) is 6.52. The van der Waals surface area contributed by atoms with E-state index in [1.807, 2.05) is 21.0 Å². The summed E-state index contributed by atoms with van der Waals surface area (Å²) in [5, 5.41) is 4.84. The summed E-state index contributed by atoms with van der Waals surface area (Å²) < 4.78 is 15.8. The Kier molecular flexibility index (Phi) is 5.33. The van der Waals surface area contributed by atoms with Crippen LogP contribution in [0, 0.1) is 12.7 Å². The minimum absolute atomic E-state index is 0.147. The lowest BCUT2D eigenvalue weighted by atomic mass is 10.3. The molecule has 1 amide bonds. The van der Waals surface area contributed by atoms with Crippen LogP contribution in [0.5, 0.6) is 0 Å². The summed E-state index contributed by atoms with van der Waals surface area (Å²) in [5.41, 5.74) is 1.99. The van der Waals surface area contributed by atoms with E-state index in [1.165, 1.54) is 23.5 Å². The van der Waals surface area contributed by atoms with Crippen molar-refractivity contribution >= 4 is 32.6 Å². The van der Waals surface area contributed by atoms with E-state index in [0.717, 1.165) is 23.4 Å². The van der Waals surface area contributed by atoms with Gasteiger partial charge in [-0.05, 0) is 58.3 Å². The van der Waals surface area contributed by atoms with Crippen LogP contribution in [0.1, 0.15) is 22.6 Å². The molecule has 0 saturated heterocycles. The number of nitrogens with zero attached hydrogens (tertiary/aromatic N) is 5. The van der Waals surface area contributed by atoms with E-state index in [4.69, 9.17) is 0 Å². The van der Waals surface area contributed by atoms with Crippen LogP contribution in [0.15, 0.2) is 24.3 Å². The number of halogens is 1. The van der Waals surface area contributed by atoms with Crippen molar-refractivity contribution in [2.24, 2.45) is 7.05 Å². The van der Waals surface area contributed by atoms with Gasteiger partial charge in [0.15, 0.2) is 5.13 Å². The van der Waals surface area contributed by atoms with Crippen molar-refractivity contribution in [3.05, 3.63) is 41.5 Å². The lowest BCUT2D eigenvalue weighted by Crippen LogP contribution is -2.34. The number of aryl methyl sites for hydroxylation is 2. The molecule has 0 spiro atoms. The molecule has 0 radical (unpaired) electrons. The van der Waals surface area contributed by atoms with E-state index in [0.29, 0.717) is 22.9 Å². The van der Waals surface area contributed by atoms with Crippen LogP contribution < -0.4 is 4.90 Å². The first-order valence-electron chi connectivity index (χ1n) is 8.38. The number of rotatable bonds is 6. The molecule has 0 saturated carbocycles. The Balaban J connectivity index is 1.95. The Hall–Kier alpha value is -2.32. The molecule has 0 aliphatic carbocycles. The van der Waals surface area contributed by atoms with Gasteiger partial charge in [0.2, 0.25) is 0 Å². The Morgan fingerprint density at radius 3 is 2.69 bits per heavy atom. The number of carbonyl (C=O) groups excluding carboxylic acids is 1. The second-order valence-corrected chi connectivity index (χ2v) is 7.53. The van der Waals surface area contributed by atoms with Crippen LogP contribution >= 0.6 is 11.3 Å². The fourth-order valence-corrected chi connectivity index (χ4v) is 3.79. The largest absolute Gasteiger partial charge is 0.309 e. The molecule has 0 bridgehead atoms. The highest BCUT2D eigenvalue weighted by Gasteiger charge is 2.24. The summed E-state index contributed by atoms with van der Waals surface area (Å²) in [7, 11) is 5.75. The SMILES string of the molecule is Cc1cc(C(=O)N(CCCN(C)C)c2nc3ccc(F)cc3s2)n(C)n1. The molecule has 0 unspecified atom stereocenters. The van der Waals surface area contributed by atoms with E-state index in [9.17, 15) is 9.18 Å². The number of carbonyl (C=O) groups is 1. The summed E-state index contributed by atoms with van der Waals surface area (Å²) in [6.07, 6.45) is 0.805. The molecule has 2 heterocycles. The third-order valence-corrected chi connectivity index (χ3v) is 5.06. The van der Waals surface area contributed by atoms with Crippen LogP contribution in [-0.2, 0) is 7.05 Å². The highest BCUT2D eigenvalue weighted by Crippen LogP contribution is 2.30. The first kappa shape index (κ1) is 18.5. The van der Waals surface area contributed by atoms with Gasteiger partial charge in [-0.25, -0.2) is 9.37 Å². The van der Waals surface area contributed by atoms with Crippen LogP contribution in [0.25, 0.3) is 10.2 Å². The maximum Gasteiger partial charge on any atom is 0.278 e. The molecule has 8 heteroatoms. The zero-order valence-corrected chi connectivity index (χ0v) is 16.2. The third-order valence-electron chi connectivity index (χ3n) is 4.02. The van der Waals surface area contributed by atoms with Gasteiger partial charge in [0, 0.05) is 13.6 Å². The van der Waals surface area contributed by atoms with Crippen molar-refractivity contribution in [1.29, 1.82) is 0 Å². The predicted molar refractivity (Wildman–Crippen MR) is 102 cm³/mol. The fraction of sp³-hybridized carbons (Fsp3) is 0.389. The topological polar surface area (TPSA) is 54.3 Å². The number of fused-ring (bicyclic) bond motifs is 1. The van der Waals surface area contributed by atoms with Crippen molar-refractivity contribution in [1.82, 2.24) is 19.7 Å². The van der Waals surface area contributed by atoms with E-state index in [-0.39, 0.29) is 11.7 Å². The molecule has 0 aliphatic heterocycles. The zero-order valence-electron chi connectivity index (χ0n) is 15.4. The van der Waals surface area contributed by atoms with Gasteiger partial charge in [0.05, 0.1) is 15.9 Å². The van der Waals surface area contributed by atoms with Gasteiger partial charge < -0.3 is 4.90 Å². The molecule has 0 fully saturated rings. The van der Waals surface area contributed by atoms with E-state index in [1.54, 1.807) is 28.8 Å². The quantitative estimate of drug-likeness (QED) is 0.664. The van der Waals surface area contributed by atoms with Gasteiger partial charge in [-0.1, -0.05) is 11.3 Å². The fourth-order valence-electron chi connectivity index (χ4n) is 2.78. The van der Waals surface area contributed by atoms with E-state index >= 15 is 0 Å². The average molecular weight is 375 g/mol. The lowest BCUT2D eigenvalue weighted by Gasteiger charge is -2.20. The molecule has 26 heavy (non-hydrogen) atoms. The minimum atomic E-state index is -0.305.